The molecule has 0 unspecified atom stereocenters. The predicted octanol–water partition coefficient (Wildman–Crippen LogP) is 11.4. The Morgan fingerprint density at radius 3 is 1.61 bits per heavy atom. The topological polar surface area (TPSA) is 49.6 Å². The summed E-state index contributed by atoms with van der Waals surface area (Å²) in [6, 6.07) is 68.0. The molecule has 0 bridgehead atoms. The van der Waals surface area contributed by atoms with Crippen molar-refractivity contribution in [1.82, 2.24) is 9.97 Å². The van der Waals surface area contributed by atoms with E-state index in [9.17, 15) is 5.26 Å². The molecule has 1 aromatic heterocycles. The van der Waals surface area contributed by atoms with Crippen LogP contribution in [0.2, 0.25) is 0 Å². The number of nitrogens with zero attached hydrogens (tertiary/aromatic N) is 3. The van der Waals surface area contributed by atoms with Gasteiger partial charge >= 0.3 is 0 Å². The lowest BCUT2D eigenvalue weighted by Crippen LogP contribution is -2.28. The van der Waals surface area contributed by atoms with Gasteiger partial charge in [0, 0.05) is 16.7 Å². The normalized spacial score (nSPS) is 12.5. The van der Waals surface area contributed by atoms with Crippen LogP contribution in [-0.4, -0.2) is 9.97 Å². The van der Waals surface area contributed by atoms with E-state index < -0.39 is 5.41 Å². The second-order valence-corrected chi connectivity index (χ2v) is 12.9. The van der Waals surface area contributed by atoms with E-state index in [1.165, 1.54) is 33.4 Å². The van der Waals surface area contributed by atoms with Crippen LogP contribution in [0.15, 0.2) is 188 Å². The standard InChI is InChI=1S/C48H31N3/c49-32-33-13-11-16-37(29-33)34-25-27-35(28-26-34)45-31-46(51-47(50-45)36-14-3-1-4-15-36)38-17-12-20-40(30-38)48(39-18-5-2-6-19-39)43-23-9-7-21-41(43)42-22-8-10-24-44(42)48/h1-31H. The number of hydrogen-bond donors (Lipinski definition) is 0. The predicted molar refractivity (Wildman–Crippen MR) is 206 cm³/mol. The molecule has 0 aliphatic heterocycles. The molecule has 1 aliphatic rings. The van der Waals surface area contributed by atoms with Crippen LogP contribution in [-0.2, 0) is 5.41 Å². The van der Waals surface area contributed by atoms with E-state index in [1.54, 1.807) is 0 Å². The van der Waals surface area contributed by atoms with Crippen molar-refractivity contribution in [3.8, 4) is 62.2 Å². The average Bonchev–Trinajstić information content (AvgIpc) is 3.52. The molecular formula is C48H31N3. The molecule has 7 aromatic carbocycles. The number of rotatable bonds is 6. The van der Waals surface area contributed by atoms with Gasteiger partial charge in [-0.1, -0.05) is 164 Å². The van der Waals surface area contributed by atoms with Crippen LogP contribution in [0.25, 0.3) is 56.2 Å². The minimum atomic E-state index is -0.499. The van der Waals surface area contributed by atoms with Gasteiger partial charge in [0.15, 0.2) is 5.82 Å². The first-order chi connectivity index (χ1) is 25.2. The molecular weight excluding hydrogens is 619 g/mol. The van der Waals surface area contributed by atoms with Crippen molar-refractivity contribution in [2.24, 2.45) is 0 Å². The van der Waals surface area contributed by atoms with Crippen molar-refractivity contribution < 1.29 is 0 Å². The molecule has 0 fully saturated rings. The fraction of sp³-hybridized carbons (Fsp3) is 0.0208. The third kappa shape index (κ3) is 5.14. The van der Waals surface area contributed by atoms with Crippen molar-refractivity contribution >= 4 is 0 Å². The highest BCUT2D eigenvalue weighted by molar-refractivity contribution is 5.87. The molecule has 9 rings (SSSR count). The summed E-state index contributed by atoms with van der Waals surface area (Å²) < 4.78 is 0. The Labute approximate surface area is 297 Å². The average molecular weight is 650 g/mol. The summed E-state index contributed by atoms with van der Waals surface area (Å²) in [6.45, 7) is 0. The van der Waals surface area contributed by atoms with Gasteiger partial charge in [-0.2, -0.15) is 5.26 Å². The van der Waals surface area contributed by atoms with Crippen LogP contribution >= 0.6 is 0 Å². The third-order valence-corrected chi connectivity index (χ3v) is 10.0. The third-order valence-electron chi connectivity index (χ3n) is 10.0. The SMILES string of the molecule is N#Cc1cccc(-c2ccc(-c3cc(-c4cccc(C5(c6ccccc6)c6ccccc6-c6ccccc65)c4)nc(-c4ccccc4)n3)cc2)c1. The zero-order valence-electron chi connectivity index (χ0n) is 27.7. The number of hydrogen-bond acceptors (Lipinski definition) is 3. The zero-order valence-corrected chi connectivity index (χ0v) is 27.7. The molecule has 238 valence electrons. The van der Waals surface area contributed by atoms with Crippen LogP contribution in [0.4, 0.5) is 0 Å². The van der Waals surface area contributed by atoms with Gasteiger partial charge in [-0.15, -0.1) is 0 Å². The monoisotopic (exact) mass is 649 g/mol. The van der Waals surface area contributed by atoms with Crippen LogP contribution in [0, 0.1) is 11.3 Å². The Kier molecular flexibility index (Phi) is 7.42. The first-order valence-corrected chi connectivity index (χ1v) is 17.1. The molecule has 3 nitrogen and oxygen atoms in total. The lowest BCUT2D eigenvalue weighted by Gasteiger charge is -2.34. The summed E-state index contributed by atoms with van der Waals surface area (Å²) in [6.07, 6.45) is 0. The maximum Gasteiger partial charge on any atom is 0.160 e. The molecule has 0 amide bonds. The minimum Gasteiger partial charge on any atom is -0.228 e. The van der Waals surface area contributed by atoms with Gasteiger partial charge < -0.3 is 0 Å². The summed E-state index contributed by atoms with van der Waals surface area (Å²) in [5.41, 5.74) is 14.4. The van der Waals surface area contributed by atoms with E-state index in [-0.39, 0.29) is 0 Å². The smallest absolute Gasteiger partial charge is 0.160 e. The summed E-state index contributed by atoms with van der Waals surface area (Å²) in [5.74, 6) is 0.675. The molecule has 3 heteroatoms. The first-order valence-electron chi connectivity index (χ1n) is 17.1. The largest absolute Gasteiger partial charge is 0.228 e. The van der Waals surface area contributed by atoms with E-state index in [4.69, 9.17) is 9.97 Å². The Morgan fingerprint density at radius 2 is 0.922 bits per heavy atom. The van der Waals surface area contributed by atoms with Crippen molar-refractivity contribution in [3.63, 3.8) is 0 Å². The highest BCUT2D eigenvalue weighted by Crippen LogP contribution is 2.56. The molecule has 0 spiro atoms. The van der Waals surface area contributed by atoms with Gasteiger partial charge in [0.1, 0.15) is 0 Å². The van der Waals surface area contributed by atoms with Crippen LogP contribution in [0.3, 0.4) is 0 Å². The Bertz CT molecular complexity index is 2540. The summed E-state index contributed by atoms with van der Waals surface area (Å²) in [4.78, 5) is 10.3. The molecule has 0 radical (unpaired) electrons. The highest BCUT2D eigenvalue weighted by Gasteiger charge is 2.45. The molecule has 8 aromatic rings. The number of benzene rings is 7. The van der Waals surface area contributed by atoms with E-state index >= 15 is 0 Å². The maximum atomic E-state index is 9.42. The number of nitriles is 1. The van der Waals surface area contributed by atoms with Crippen molar-refractivity contribution in [3.05, 3.63) is 216 Å². The molecule has 0 N–H and O–H groups in total. The van der Waals surface area contributed by atoms with Crippen LogP contribution in [0.1, 0.15) is 27.8 Å². The Morgan fingerprint density at radius 1 is 0.392 bits per heavy atom. The Hall–Kier alpha value is -6.89. The summed E-state index contributed by atoms with van der Waals surface area (Å²) >= 11 is 0. The summed E-state index contributed by atoms with van der Waals surface area (Å²) in [5, 5.41) is 9.42. The van der Waals surface area contributed by atoms with E-state index in [1.807, 2.05) is 42.5 Å². The molecule has 0 saturated carbocycles. The second kappa shape index (κ2) is 12.5. The molecule has 51 heavy (non-hydrogen) atoms. The van der Waals surface area contributed by atoms with Gasteiger partial charge in [-0.3, -0.25) is 0 Å². The van der Waals surface area contributed by atoms with Gasteiger partial charge in [0.2, 0.25) is 0 Å². The first kappa shape index (κ1) is 30.2. The lowest BCUT2D eigenvalue weighted by molar-refractivity contribution is 0.768. The second-order valence-electron chi connectivity index (χ2n) is 12.9. The molecule has 0 atom stereocenters. The van der Waals surface area contributed by atoms with Gasteiger partial charge in [0.05, 0.1) is 28.4 Å². The number of fused-ring (bicyclic) bond motifs is 3. The minimum absolute atomic E-state index is 0.499. The Balaban J connectivity index is 1.22. The fourth-order valence-corrected chi connectivity index (χ4v) is 7.68. The van der Waals surface area contributed by atoms with Crippen molar-refractivity contribution in [1.29, 1.82) is 5.26 Å². The van der Waals surface area contributed by atoms with Gasteiger partial charge in [-0.05, 0) is 68.8 Å². The van der Waals surface area contributed by atoms with Crippen LogP contribution in [0.5, 0.6) is 0 Å². The maximum absolute atomic E-state index is 9.42. The van der Waals surface area contributed by atoms with E-state index in [0.717, 1.165) is 39.2 Å². The van der Waals surface area contributed by atoms with Crippen molar-refractivity contribution in [2.45, 2.75) is 5.41 Å². The van der Waals surface area contributed by atoms with Crippen LogP contribution < -0.4 is 0 Å². The number of aromatic nitrogens is 2. The van der Waals surface area contributed by atoms with Gasteiger partial charge in [-0.25, -0.2) is 9.97 Å². The van der Waals surface area contributed by atoms with E-state index in [2.05, 4.69) is 152 Å². The zero-order chi connectivity index (χ0) is 34.2. The molecule has 1 aliphatic carbocycles. The molecule has 0 saturated heterocycles. The fourth-order valence-electron chi connectivity index (χ4n) is 7.68. The quantitative estimate of drug-likeness (QED) is 0.180. The summed E-state index contributed by atoms with van der Waals surface area (Å²) in [7, 11) is 0. The van der Waals surface area contributed by atoms with E-state index in [0.29, 0.717) is 11.4 Å². The lowest BCUT2D eigenvalue weighted by atomic mass is 9.67. The highest BCUT2D eigenvalue weighted by atomic mass is 14.9. The molecule has 1 heterocycles. The van der Waals surface area contributed by atoms with Gasteiger partial charge in [0.25, 0.3) is 0 Å². The van der Waals surface area contributed by atoms with Crippen molar-refractivity contribution in [2.75, 3.05) is 0 Å².